The summed E-state index contributed by atoms with van der Waals surface area (Å²) in [5.74, 6) is 1.92. The van der Waals surface area contributed by atoms with E-state index in [1.807, 2.05) is 18.2 Å². The minimum absolute atomic E-state index is 0.0681. The number of aromatic nitrogens is 2. The lowest BCUT2D eigenvalue weighted by atomic mass is 10.0. The highest BCUT2D eigenvalue weighted by Gasteiger charge is 2.35. The third-order valence-corrected chi connectivity index (χ3v) is 4.37. The Kier molecular flexibility index (Phi) is 3.10. The fourth-order valence-electron chi connectivity index (χ4n) is 3.36. The molecule has 0 radical (unpaired) electrons. The minimum atomic E-state index is -0.426. The number of ether oxygens (including phenoxy) is 2. The zero-order valence-electron chi connectivity index (χ0n) is 12.6. The Labute approximate surface area is 132 Å². The molecule has 0 bridgehead atoms. The topological polar surface area (TPSA) is 82.7 Å². The van der Waals surface area contributed by atoms with Crippen molar-refractivity contribution in [3.8, 4) is 11.5 Å². The van der Waals surface area contributed by atoms with Crippen LogP contribution in [0, 0.1) is 10.1 Å². The van der Waals surface area contributed by atoms with Gasteiger partial charge in [0.05, 0.1) is 6.04 Å². The molecule has 0 spiro atoms. The monoisotopic (exact) mass is 316 g/mol. The van der Waals surface area contributed by atoms with Crippen LogP contribution in [0.3, 0.4) is 0 Å². The van der Waals surface area contributed by atoms with Crippen LogP contribution in [-0.2, 0) is 7.05 Å². The molecule has 1 aromatic carbocycles. The van der Waals surface area contributed by atoms with Crippen molar-refractivity contribution >= 4 is 11.6 Å². The Morgan fingerprint density at radius 3 is 3.00 bits per heavy atom. The Hall–Kier alpha value is -2.77. The van der Waals surface area contributed by atoms with Crippen molar-refractivity contribution in [1.82, 2.24) is 9.55 Å². The number of benzene rings is 1. The van der Waals surface area contributed by atoms with Gasteiger partial charge < -0.3 is 24.5 Å². The highest BCUT2D eigenvalue weighted by Crippen LogP contribution is 2.42. The fourth-order valence-corrected chi connectivity index (χ4v) is 3.36. The molecule has 1 unspecified atom stereocenters. The molecule has 1 saturated heterocycles. The number of fused-ring (bicyclic) bond motifs is 1. The summed E-state index contributed by atoms with van der Waals surface area (Å²) in [7, 11) is 1.78. The van der Waals surface area contributed by atoms with Crippen LogP contribution < -0.4 is 14.4 Å². The van der Waals surface area contributed by atoms with Crippen molar-refractivity contribution < 1.29 is 14.4 Å². The second-order valence-electron chi connectivity index (χ2n) is 5.72. The number of imidazole rings is 1. The number of anilines is 1. The summed E-state index contributed by atoms with van der Waals surface area (Å²) in [4.78, 5) is 16.8. The summed E-state index contributed by atoms with van der Waals surface area (Å²) in [6.45, 7) is 1.000. The van der Waals surface area contributed by atoms with Crippen molar-refractivity contribution in [3.05, 3.63) is 40.2 Å². The van der Waals surface area contributed by atoms with Gasteiger partial charge in [-0.1, -0.05) is 6.07 Å². The van der Waals surface area contributed by atoms with Crippen molar-refractivity contribution in [1.29, 1.82) is 0 Å². The van der Waals surface area contributed by atoms with E-state index in [9.17, 15) is 10.1 Å². The molecule has 2 aliphatic heterocycles. The smallest absolute Gasteiger partial charge is 0.406 e. The first-order chi connectivity index (χ1) is 11.1. The van der Waals surface area contributed by atoms with Gasteiger partial charge in [-0.2, -0.15) is 0 Å². The van der Waals surface area contributed by atoms with Crippen LogP contribution in [0.4, 0.5) is 11.6 Å². The fraction of sp³-hybridized carbons (Fsp3) is 0.400. The van der Waals surface area contributed by atoms with E-state index < -0.39 is 4.92 Å². The number of nitro groups is 1. The van der Waals surface area contributed by atoms with Gasteiger partial charge in [0.25, 0.3) is 0 Å². The molecule has 0 amide bonds. The van der Waals surface area contributed by atoms with E-state index >= 15 is 0 Å². The maximum Gasteiger partial charge on any atom is 0.406 e. The third-order valence-electron chi connectivity index (χ3n) is 4.37. The molecule has 0 N–H and O–H groups in total. The largest absolute Gasteiger partial charge is 0.454 e. The maximum absolute atomic E-state index is 11.3. The highest BCUT2D eigenvalue weighted by molar-refractivity contribution is 5.58. The molecule has 8 heteroatoms. The van der Waals surface area contributed by atoms with Gasteiger partial charge in [-0.15, -0.1) is 0 Å². The normalized spacial score (nSPS) is 19.3. The molecule has 0 saturated carbocycles. The second-order valence-corrected chi connectivity index (χ2v) is 5.72. The average molecular weight is 316 g/mol. The number of nitrogens with zero attached hydrogens (tertiary/aromatic N) is 4. The lowest BCUT2D eigenvalue weighted by Crippen LogP contribution is -2.25. The van der Waals surface area contributed by atoms with E-state index in [1.165, 1.54) is 6.33 Å². The molecule has 8 nitrogen and oxygen atoms in total. The van der Waals surface area contributed by atoms with Crippen LogP contribution in [0.2, 0.25) is 0 Å². The maximum atomic E-state index is 11.3. The molecule has 23 heavy (non-hydrogen) atoms. The van der Waals surface area contributed by atoms with Crippen LogP contribution in [0.5, 0.6) is 11.5 Å². The van der Waals surface area contributed by atoms with Gasteiger partial charge in [0.15, 0.2) is 11.5 Å². The quantitative estimate of drug-likeness (QED) is 0.639. The first-order valence-electron chi connectivity index (χ1n) is 7.47. The van der Waals surface area contributed by atoms with E-state index in [4.69, 9.17) is 9.47 Å². The third kappa shape index (κ3) is 2.18. The minimum Gasteiger partial charge on any atom is -0.454 e. The highest BCUT2D eigenvalue weighted by atomic mass is 16.7. The number of hydrogen-bond donors (Lipinski definition) is 0. The lowest BCUT2D eigenvalue weighted by molar-refractivity contribution is -0.388. The van der Waals surface area contributed by atoms with Gasteiger partial charge in [0, 0.05) is 13.6 Å². The van der Waals surface area contributed by atoms with Crippen LogP contribution >= 0.6 is 0 Å². The molecular formula is C15H16N4O4. The summed E-state index contributed by atoms with van der Waals surface area (Å²) < 4.78 is 12.5. The van der Waals surface area contributed by atoms with Gasteiger partial charge in [-0.25, -0.2) is 0 Å². The standard InChI is InChI=1S/C15H16N4O4/c1-17-8-16-14(19(20)21)15(17)18-6-2-3-11(18)10-4-5-12-13(7-10)23-9-22-12/h4-5,7-8,11H,2-3,6,9H2,1H3. The first-order valence-corrected chi connectivity index (χ1v) is 7.47. The number of aryl methyl sites for hydroxylation is 1. The second kappa shape index (κ2) is 5.15. The molecule has 2 aliphatic rings. The SMILES string of the molecule is Cn1cnc([N+](=O)[O-])c1N1CCCC1c1ccc2c(c1)OCO2. The Morgan fingerprint density at radius 2 is 2.17 bits per heavy atom. The molecular weight excluding hydrogens is 300 g/mol. The Bertz CT molecular complexity index is 773. The van der Waals surface area contributed by atoms with Crippen LogP contribution in [0.1, 0.15) is 24.4 Å². The molecule has 120 valence electrons. The van der Waals surface area contributed by atoms with Crippen molar-refractivity contribution in [3.63, 3.8) is 0 Å². The van der Waals surface area contributed by atoms with Crippen LogP contribution in [0.15, 0.2) is 24.5 Å². The van der Waals surface area contributed by atoms with Gasteiger partial charge in [0.2, 0.25) is 18.9 Å². The predicted molar refractivity (Wildman–Crippen MR) is 81.7 cm³/mol. The van der Waals surface area contributed by atoms with E-state index in [1.54, 1.807) is 11.6 Å². The molecule has 1 fully saturated rings. The Balaban J connectivity index is 1.73. The van der Waals surface area contributed by atoms with E-state index in [-0.39, 0.29) is 18.7 Å². The summed E-state index contributed by atoms with van der Waals surface area (Å²) in [5, 5.41) is 11.3. The first kappa shape index (κ1) is 13.9. The van der Waals surface area contributed by atoms with Crippen molar-refractivity contribution in [2.75, 3.05) is 18.2 Å². The molecule has 1 aromatic heterocycles. The zero-order valence-corrected chi connectivity index (χ0v) is 12.6. The summed E-state index contributed by atoms with van der Waals surface area (Å²) >= 11 is 0. The van der Waals surface area contributed by atoms with Gasteiger partial charge in [-0.05, 0) is 40.4 Å². The van der Waals surface area contributed by atoms with Crippen LogP contribution in [0.25, 0.3) is 0 Å². The summed E-state index contributed by atoms with van der Waals surface area (Å²) in [5.41, 5.74) is 1.07. The molecule has 3 heterocycles. The summed E-state index contributed by atoms with van der Waals surface area (Å²) in [6.07, 6.45) is 3.39. The van der Waals surface area contributed by atoms with Crippen molar-refractivity contribution in [2.45, 2.75) is 18.9 Å². The zero-order chi connectivity index (χ0) is 16.0. The lowest BCUT2D eigenvalue weighted by Gasteiger charge is -2.26. The number of hydrogen-bond acceptors (Lipinski definition) is 6. The van der Waals surface area contributed by atoms with E-state index in [0.717, 1.165) is 36.4 Å². The molecule has 0 aliphatic carbocycles. The van der Waals surface area contributed by atoms with Gasteiger partial charge in [0.1, 0.15) is 0 Å². The van der Waals surface area contributed by atoms with Gasteiger partial charge in [-0.3, -0.25) is 4.57 Å². The average Bonchev–Trinajstić information content (AvgIpc) is 3.24. The van der Waals surface area contributed by atoms with Crippen molar-refractivity contribution in [2.24, 2.45) is 7.05 Å². The predicted octanol–water partition coefficient (Wildman–Crippen LogP) is 2.40. The Morgan fingerprint density at radius 1 is 1.35 bits per heavy atom. The molecule has 2 aromatic rings. The van der Waals surface area contributed by atoms with Gasteiger partial charge >= 0.3 is 5.82 Å². The van der Waals surface area contributed by atoms with E-state index in [0.29, 0.717) is 5.82 Å². The van der Waals surface area contributed by atoms with Crippen LogP contribution in [-0.4, -0.2) is 27.8 Å². The number of rotatable bonds is 3. The van der Waals surface area contributed by atoms with E-state index in [2.05, 4.69) is 9.88 Å². The molecule has 4 rings (SSSR count). The molecule has 1 atom stereocenters. The summed E-state index contributed by atoms with van der Waals surface area (Å²) in [6, 6.07) is 5.93.